The molecule has 0 saturated carbocycles. The summed E-state index contributed by atoms with van der Waals surface area (Å²) in [4.78, 5) is 0. The van der Waals surface area contributed by atoms with Gasteiger partial charge in [0.05, 0.1) is 11.8 Å². The summed E-state index contributed by atoms with van der Waals surface area (Å²) in [5.41, 5.74) is 1.58. The van der Waals surface area contributed by atoms with E-state index in [1.165, 1.54) is 0 Å². The lowest BCUT2D eigenvalue weighted by molar-refractivity contribution is -0.134. The fourth-order valence-corrected chi connectivity index (χ4v) is 1.83. The molecule has 1 aromatic rings. The van der Waals surface area contributed by atoms with Crippen LogP contribution in [0.4, 0.5) is 13.2 Å². The molecule has 1 atom stereocenters. The third kappa shape index (κ3) is 4.58. The highest BCUT2D eigenvalue weighted by Crippen LogP contribution is 2.34. The summed E-state index contributed by atoms with van der Waals surface area (Å²) in [6, 6.07) is 7.01. The van der Waals surface area contributed by atoms with Crippen LogP contribution >= 0.6 is 11.6 Å². The third-order valence-electron chi connectivity index (χ3n) is 2.55. The van der Waals surface area contributed by atoms with Crippen LogP contribution in [0.1, 0.15) is 43.7 Å². The molecule has 4 heteroatoms. The summed E-state index contributed by atoms with van der Waals surface area (Å²) < 4.78 is 36.5. The van der Waals surface area contributed by atoms with E-state index >= 15 is 0 Å². The van der Waals surface area contributed by atoms with Crippen LogP contribution < -0.4 is 0 Å². The molecule has 0 aliphatic carbocycles. The van der Waals surface area contributed by atoms with Crippen LogP contribution in [-0.2, 0) is 5.41 Å². The van der Waals surface area contributed by atoms with Gasteiger partial charge < -0.3 is 0 Å². The van der Waals surface area contributed by atoms with Gasteiger partial charge in [-0.05, 0) is 16.5 Å². The minimum absolute atomic E-state index is 0.00956. The van der Waals surface area contributed by atoms with Gasteiger partial charge in [-0.15, -0.1) is 11.6 Å². The van der Waals surface area contributed by atoms with E-state index < -0.39 is 18.0 Å². The van der Waals surface area contributed by atoms with Gasteiger partial charge in [-0.1, -0.05) is 45.0 Å². The van der Waals surface area contributed by atoms with Gasteiger partial charge in [0.2, 0.25) is 0 Å². The number of alkyl halides is 4. The molecule has 0 bridgehead atoms. The lowest BCUT2D eigenvalue weighted by Crippen LogP contribution is -2.12. The third-order valence-corrected chi connectivity index (χ3v) is 2.96. The lowest BCUT2D eigenvalue weighted by atomic mass is 9.86. The monoisotopic (exact) mass is 264 g/mol. The maximum atomic E-state index is 12.2. The van der Waals surface area contributed by atoms with E-state index in [0.29, 0.717) is 5.56 Å². The van der Waals surface area contributed by atoms with Crippen molar-refractivity contribution in [3.63, 3.8) is 0 Å². The Balaban J connectivity index is 2.81. The first kappa shape index (κ1) is 14.4. The van der Waals surface area contributed by atoms with Crippen molar-refractivity contribution in [2.75, 3.05) is 0 Å². The van der Waals surface area contributed by atoms with Crippen LogP contribution in [-0.4, -0.2) is 6.18 Å². The Morgan fingerprint density at radius 3 is 1.88 bits per heavy atom. The van der Waals surface area contributed by atoms with Crippen LogP contribution in [0, 0.1) is 0 Å². The predicted molar refractivity (Wildman–Crippen MR) is 64.4 cm³/mol. The van der Waals surface area contributed by atoms with Crippen LogP contribution in [0.3, 0.4) is 0 Å². The minimum atomic E-state index is -4.23. The molecular formula is C13H16ClF3. The molecule has 0 aliphatic rings. The number of halogens is 4. The average molecular weight is 265 g/mol. The number of rotatable bonds is 2. The number of hydrogen-bond donors (Lipinski definition) is 0. The Bertz CT molecular complexity index is 360. The molecule has 0 amide bonds. The van der Waals surface area contributed by atoms with Gasteiger partial charge in [-0.2, -0.15) is 13.2 Å². The van der Waals surface area contributed by atoms with E-state index in [4.69, 9.17) is 11.6 Å². The molecule has 0 nitrogen and oxygen atoms in total. The Hall–Kier alpha value is -0.700. The molecule has 0 saturated heterocycles. The summed E-state index contributed by atoms with van der Waals surface area (Å²) in [5.74, 6) is 0. The molecule has 0 aromatic heterocycles. The number of hydrogen-bond acceptors (Lipinski definition) is 0. The predicted octanol–water partition coefficient (Wildman–Crippen LogP) is 5.22. The molecule has 0 heterocycles. The Labute approximate surface area is 105 Å². The zero-order chi connectivity index (χ0) is 13.3. The van der Waals surface area contributed by atoms with E-state index in [1.807, 2.05) is 12.1 Å². The van der Waals surface area contributed by atoms with E-state index in [1.54, 1.807) is 12.1 Å². The summed E-state index contributed by atoms with van der Waals surface area (Å²) in [7, 11) is 0. The van der Waals surface area contributed by atoms with Gasteiger partial charge in [0, 0.05) is 0 Å². The second-order valence-corrected chi connectivity index (χ2v) is 5.69. The molecule has 1 rings (SSSR count). The molecule has 0 spiro atoms. The molecule has 0 fully saturated rings. The first-order valence-corrected chi connectivity index (χ1v) is 5.84. The highest BCUT2D eigenvalue weighted by molar-refractivity contribution is 6.20. The minimum Gasteiger partial charge on any atom is -0.171 e. The summed E-state index contributed by atoms with van der Waals surface area (Å²) in [6.45, 7) is 6.15. The fraction of sp³-hybridized carbons (Fsp3) is 0.538. The zero-order valence-electron chi connectivity index (χ0n) is 10.1. The van der Waals surface area contributed by atoms with Gasteiger partial charge in [0.1, 0.15) is 0 Å². The van der Waals surface area contributed by atoms with Crippen molar-refractivity contribution >= 4 is 11.6 Å². The molecule has 0 N–H and O–H groups in total. The molecule has 0 radical (unpaired) electrons. The average Bonchev–Trinajstić information content (AvgIpc) is 2.14. The van der Waals surface area contributed by atoms with Crippen molar-refractivity contribution < 1.29 is 13.2 Å². The Kier molecular flexibility index (Phi) is 4.13. The standard InChI is InChI=1S/C13H16ClF3/c1-12(2,3)10-6-4-9(5-7-10)11(14)8-13(15,16)17/h4-7,11H,8H2,1-3H3. The van der Waals surface area contributed by atoms with Crippen LogP contribution in [0.2, 0.25) is 0 Å². The maximum absolute atomic E-state index is 12.2. The molecule has 17 heavy (non-hydrogen) atoms. The molecule has 1 unspecified atom stereocenters. The van der Waals surface area contributed by atoms with Crippen molar-refractivity contribution in [3.8, 4) is 0 Å². The lowest BCUT2D eigenvalue weighted by Gasteiger charge is -2.20. The van der Waals surface area contributed by atoms with Crippen molar-refractivity contribution in [2.24, 2.45) is 0 Å². The van der Waals surface area contributed by atoms with Crippen molar-refractivity contribution in [3.05, 3.63) is 35.4 Å². The summed E-state index contributed by atoms with van der Waals surface area (Å²) in [6.07, 6.45) is -5.22. The first-order chi connectivity index (χ1) is 7.59. The SMILES string of the molecule is CC(C)(C)c1ccc(C(Cl)CC(F)(F)F)cc1. The molecule has 96 valence electrons. The molecule has 0 aliphatic heterocycles. The molecule has 1 aromatic carbocycles. The van der Waals surface area contributed by atoms with Gasteiger partial charge in [0.25, 0.3) is 0 Å². The van der Waals surface area contributed by atoms with Crippen LogP contribution in [0.5, 0.6) is 0 Å². The fourth-order valence-electron chi connectivity index (χ4n) is 1.51. The summed E-state index contributed by atoms with van der Waals surface area (Å²) >= 11 is 5.74. The van der Waals surface area contributed by atoms with Gasteiger partial charge in [-0.3, -0.25) is 0 Å². The Morgan fingerprint density at radius 1 is 1.06 bits per heavy atom. The van der Waals surface area contributed by atoms with E-state index in [0.717, 1.165) is 5.56 Å². The summed E-state index contributed by atoms with van der Waals surface area (Å²) in [5, 5.41) is -1.01. The molecular weight excluding hydrogens is 249 g/mol. The topological polar surface area (TPSA) is 0 Å². The van der Waals surface area contributed by atoms with E-state index in [9.17, 15) is 13.2 Å². The van der Waals surface area contributed by atoms with Crippen LogP contribution in [0.15, 0.2) is 24.3 Å². The Morgan fingerprint density at radius 2 is 1.53 bits per heavy atom. The van der Waals surface area contributed by atoms with Crippen molar-refractivity contribution in [1.29, 1.82) is 0 Å². The highest BCUT2D eigenvalue weighted by Gasteiger charge is 2.31. The van der Waals surface area contributed by atoms with Crippen LogP contribution in [0.25, 0.3) is 0 Å². The second-order valence-electron chi connectivity index (χ2n) is 5.16. The maximum Gasteiger partial charge on any atom is 0.390 e. The van der Waals surface area contributed by atoms with Gasteiger partial charge in [0.15, 0.2) is 0 Å². The van der Waals surface area contributed by atoms with E-state index in [-0.39, 0.29) is 5.41 Å². The first-order valence-electron chi connectivity index (χ1n) is 5.41. The van der Waals surface area contributed by atoms with Gasteiger partial charge in [-0.25, -0.2) is 0 Å². The smallest absolute Gasteiger partial charge is 0.171 e. The second kappa shape index (κ2) is 4.89. The van der Waals surface area contributed by atoms with E-state index in [2.05, 4.69) is 20.8 Å². The van der Waals surface area contributed by atoms with Crippen molar-refractivity contribution in [1.82, 2.24) is 0 Å². The van der Waals surface area contributed by atoms with Gasteiger partial charge >= 0.3 is 6.18 Å². The highest BCUT2D eigenvalue weighted by atomic mass is 35.5. The van der Waals surface area contributed by atoms with Crippen molar-refractivity contribution in [2.45, 2.75) is 44.2 Å². The largest absolute Gasteiger partial charge is 0.390 e. The zero-order valence-corrected chi connectivity index (χ0v) is 10.9. The normalized spacial score (nSPS) is 14.8. The quantitative estimate of drug-likeness (QED) is 0.643. The number of benzene rings is 1.